The Hall–Kier alpha value is 0.411. The van der Waals surface area contributed by atoms with E-state index in [1.54, 1.807) is 0 Å². The van der Waals surface area contributed by atoms with E-state index >= 15 is 0 Å². The second-order valence-electron chi connectivity index (χ2n) is 12.8. The third kappa shape index (κ3) is 6.66. The third-order valence-electron chi connectivity index (χ3n) is 10.4. The molecule has 1 saturated heterocycles. The van der Waals surface area contributed by atoms with Gasteiger partial charge in [-0.2, -0.15) is 0 Å². The van der Waals surface area contributed by atoms with Gasteiger partial charge in [0.1, 0.15) is 0 Å². The highest BCUT2D eigenvalue weighted by Gasteiger charge is 2.73. The first kappa shape index (κ1) is 32.3. The zero-order chi connectivity index (χ0) is 27.9. The SMILES string of the molecule is CCOC(C)[Si]1(C2CCCCC2)O[Si](C2CCCCC2)(C(C)OCC)O[Si](C2CCCCC2)(C(C)OCC)O1. The largest absolute Gasteiger partial charge is 0.412 e. The molecule has 1 aliphatic heterocycles. The molecular weight excluding hydrogens is 541 g/mol. The standard InChI is InChI=1S/C30H60O6Si3/c1-7-31-25(4)37(28-19-13-10-14-20-28)34-38(26(5)32-8-2,29-21-15-11-16-22-29)36-39(35-37,27(6)33-9-3)30-23-17-12-18-24-30/h25-30H,7-24H2,1-6H3. The van der Waals surface area contributed by atoms with E-state index in [0.717, 1.165) is 0 Å². The number of hydrogen-bond donors (Lipinski definition) is 0. The first-order valence-corrected chi connectivity index (χ1v) is 22.7. The molecule has 1 heterocycles. The highest BCUT2D eigenvalue weighted by Crippen LogP contribution is 2.56. The van der Waals surface area contributed by atoms with Crippen molar-refractivity contribution >= 4 is 25.7 Å². The van der Waals surface area contributed by atoms with Crippen molar-refractivity contribution < 1.29 is 26.6 Å². The maximum absolute atomic E-state index is 7.91. The van der Waals surface area contributed by atoms with Crippen LogP contribution < -0.4 is 0 Å². The minimum atomic E-state index is -2.91. The summed E-state index contributed by atoms with van der Waals surface area (Å²) in [6, 6.07) is 0. The van der Waals surface area contributed by atoms with Crippen molar-refractivity contribution in [3.63, 3.8) is 0 Å². The summed E-state index contributed by atoms with van der Waals surface area (Å²) in [6.45, 7) is 15.3. The van der Waals surface area contributed by atoms with Gasteiger partial charge in [0.25, 0.3) is 0 Å². The molecule has 0 aromatic heterocycles. The summed E-state index contributed by atoms with van der Waals surface area (Å²) in [6.07, 6.45) is 18.7. The van der Waals surface area contributed by atoms with E-state index in [0.29, 0.717) is 36.4 Å². The summed E-state index contributed by atoms with van der Waals surface area (Å²) in [7, 11) is -8.74. The Bertz CT molecular complexity index is 622. The van der Waals surface area contributed by atoms with E-state index in [1.807, 2.05) is 0 Å². The van der Waals surface area contributed by atoms with Gasteiger partial charge in [-0.05, 0) is 80.1 Å². The molecule has 3 atom stereocenters. The highest BCUT2D eigenvalue weighted by molar-refractivity contribution is 6.97. The maximum atomic E-state index is 7.91. The van der Waals surface area contributed by atoms with Crippen LogP contribution >= 0.6 is 0 Å². The van der Waals surface area contributed by atoms with Gasteiger partial charge >= 0.3 is 25.7 Å². The van der Waals surface area contributed by atoms with Gasteiger partial charge in [-0.15, -0.1) is 0 Å². The van der Waals surface area contributed by atoms with Crippen LogP contribution in [0, 0.1) is 0 Å². The summed E-state index contributed by atoms with van der Waals surface area (Å²) in [5, 5.41) is 0. The lowest BCUT2D eigenvalue weighted by Crippen LogP contribution is -2.82. The maximum Gasteiger partial charge on any atom is 0.353 e. The molecule has 9 heteroatoms. The fraction of sp³-hybridized carbons (Fsp3) is 1.00. The predicted molar refractivity (Wildman–Crippen MR) is 164 cm³/mol. The van der Waals surface area contributed by atoms with Crippen LogP contribution in [0.25, 0.3) is 0 Å². The fourth-order valence-corrected chi connectivity index (χ4v) is 30.8. The van der Waals surface area contributed by atoms with Crippen molar-refractivity contribution in [3.8, 4) is 0 Å². The molecule has 4 aliphatic rings. The van der Waals surface area contributed by atoms with Crippen LogP contribution in [0.4, 0.5) is 0 Å². The summed E-state index contributed by atoms with van der Waals surface area (Å²) >= 11 is 0. The third-order valence-corrected chi connectivity index (χ3v) is 27.1. The summed E-state index contributed by atoms with van der Waals surface area (Å²) in [4.78, 5) is 0. The van der Waals surface area contributed by atoms with Crippen LogP contribution in [0.2, 0.25) is 16.6 Å². The minimum absolute atomic E-state index is 0.0249. The van der Waals surface area contributed by atoms with E-state index in [-0.39, 0.29) is 17.2 Å². The second-order valence-corrected chi connectivity index (χ2v) is 24.4. The smallest absolute Gasteiger partial charge is 0.353 e. The predicted octanol–water partition coefficient (Wildman–Crippen LogP) is 8.27. The van der Waals surface area contributed by atoms with Crippen molar-refractivity contribution in [2.75, 3.05) is 19.8 Å². The zero-order valence-electron chi connectivity index (χ0n) is 26.1. The van der Waals surface area contributed by atoms with Crippen LogP contribution in [-0.2, 0) is 26.6 Å². The number of hydrogen-bond acceptors (Lipinski definition) is 6. The highest BCUT2D eigenvalue weighted by atomic mass is 28.5. The van der Waals surface area contributed by atoms with Gasteiger partial charge in [0.2, 0.25) is 0 Å². The van der Waals surface area contributed by atoms with Crippen molar-refractivity contribution in [3.05, 3.63) is 0 Å². The second kappa shape index (κ2) is 14.7. The van der Waals surface area contributed by atoms with Gasteiger partial charge < -0.3 is 26.6 Å². The molecular formula is C30H60O6Si3. The Labute approximate surface area is 243 Å². The molecule has 0 radical (unpaired) electrons. The van der Waals surface area contributed by atoms with E-state index in [1.165, 1.54) is 96.3 Å². The molecule has 0 aromatic carbocycles. The Kier molecular flexibility index (Phi) is 12.2. The molecule has 228 valence electrons. The molecule has 3 unspecified atom stereocenters. The summed E-state index contributed by atoms with van der Waals surface area (Å²) < 4.78 is 43.5. The summed E-state index contributed by atoms with van der Waals surface area (Å²) in [5.41, 5.74) is 1.27. The van der Waals surface area contributed by atoms with E-state index < -0.39 is 25.7 Å². The van der Waals surface area contributed by atoms with Gasteiger partial charge in [-0.3, -0.25) is 0 Å². The average Bonchev–Trinajstić information content (AvgIpc) is 2.98. The lowest BCUT2D eigenvalue weighted by molar-refractivity contribution is 0.0208. The van der Waals surface area contributed by atoms with Gasteiger partial charge in [0.15, 0.2) is 0 Å². The minimum Gasteiger partial charge on any atom is -0.412 e. The van der Waals surface area contributed by atoms with Gasteiger partial charge in [0.05, 0.1) is 17.2 Å². The molecule has 0 amide bonds. The fourth-order valence-electron chi connectivity index (χ4n) is 8.42. The molecule has 0 bridgehead atoms. The quantitative estimate of drug-likeness (QED) is 0.210. The lowest BCUT2D eigenvalue weighted by Gasteiger charge is -2.62. The summed E-state index contributed by atoms with van der Waals surface area (Å²) in [5.74, 6) is 0. The van der Waals surface area contributed by atoms with E-state index in [2.05, 4.69) is 41.5 Å². The van der Waals surface area contributed by atoms with Gasteiger partial charge in [0, 0.05) is 36.4 Å². The number of rotatable bonds is 12. The molecule has 39 heavy (non-hydrogen) atoms. The van der Waals surface area contributed by atoms with Crippen molar-refractivity contribution in [2.45, 2.75) is 172 Å². The van der Waals surface area contributed by atoms with E-state index in [4.69, 9.17) is 26.6 Å². The normalized spacial score (nSPS) is 36.5. The molecule has 0 N–H and O–H groups in total. The first-order chi connectivity index (χ1) is 18.9. The molecule has 6 nitrogen and oxygen atoms in total. The van der Waals surface area contributed by atoms with Gasteiger partial charge in [-0.25, -0.2) is 0 Å². The Morgan fingerprint density at radius 1 is 0.462 bits per heavy atom. The van der Waals surface area contributed by atoms with E-state index in [9.17, 15) is 0 Å². The molecule has 0 aromatic rings. The lowest BCUT2D eigenvalue weighted by atomic mass is 10.0. The topological polar surface area (TPSA) is 55.4 Å². The monoisotopic (exact) mass is 600 g/mol. The Morgan fingerprint density at radius 3 is 0.897 bits per heavy atom. The molecule has 3 saturated carbocycles. The first-order valence-electron chi connectivity index (χ1n) is 16.8. The van der Waals surface area contributed by atoms with Gasteiger partial charge in [-0.1, -0.05) is 57.8 Å². The Balaban J connectivity index is 1.94. The molecule has 4 fully saturated rings. The van der Waals surface area contributed by atoms with Crippen molar-refractivity contribution in [1.82, 2.24) is 0 Å². The van der Waals surface area contributed by atoms with Crippen LogP contribution in [0.5, 0.6) is 0 Å². The van der Waals surface area contributed by atoms with Crippen molar-refractivity contribution in [2.24, 2.45) is 0 Å². The Morgan fingerprint density at radius 2 is 0.692 bits per heavy atom. The average molecular weight is 601 g/mol. The molecule has 4 rings (SSSR count). The number of ether oxygens (including phenoxy) is 3. The molecule has 3 aliphatic carbocycles. The van der Waals surface area contributed by atoms with Crippen LogP contribution in [0.1, 0.15) is 138 Å². The van der Waals surface area contributed by atoms with Crippen LogP contribution in [0.3, 0.4) is 0 Å². The van der Waals surface area contributed by atoms with Crippen molar-refractivity contribution in [1.29, 1.82) is 0 Å². The molecule has 0 spiro atoms. The zero-order valence-corrected chi connectivity index (χ0v) is 29.1. The van der Waals surface area contributed by atoms with Crippen LogP contribution in [-0.4, -0.2) is 62.7 Å². The van der Waals surface area contributed by atoms with Crippen LogP contribution in [0.15, 0.2) is 0 Å².